The average Bonchev–Trinajstić information content (AvgIpc) is 2.24. The summed E-state index contributed by atoms with van der Waals surface area (Å²) < 4.78 is 0. The molecular weight excluding hydrogens is 228 g/mol. The van der Waals surface area contributed by atoms with Crippen LogP contribution >= 0.6 is 0 Å². The molecule has 0 unspecified atom stereocenters. The van der Waals surface area contributed by atoms with Crippen LogP contribution in [0, 0.1) is 5.41 Å². The molecule has 0 atom stereocenters. The first-order valence-electron chi connectivity index (χ1n) is 6.26. The first kappa shape index (κ1) is 14.6. The second-order valence-corrected chi connectivity index (χ2v) is 5.66. The first-order valence-corrected chi connectivity index (χ1v) is 6.26. The zero-order chi connectivity index (χ0) is 13.6. The van der Waals surface area contributed by atoms with Crippen LogP contribution in [0.25, 0.3) is 0 Å². The minimum Gasteiger partial charge on any atom is -0.396 e. The van der Waals surface area contributed by atoms with Crippen molar-refractivity contribution >= 4 is 11.7 Å². The molecule has 1 heterocycles. The minimum atomic E-state index is -0.0292. The molecule has 2 N–H and O–H groups in total. The molecule has 1 rings (SSSR count). The smallest absolute Gasteiger partial charge is 0.226 e. The number of carbonyl (C=O) groups excluding carboxylic acids is 1. The van der Waals surface area contributed by atoms with E-state index < -0.39 is 0 Å². The number of aliphatic hydroxyl groups is 1. The molecule has 4 nitrogen and oxygen atoms in total. The predicted octanol–water partition coefficient (Wildman–Crippen LogP) is 2.38. The Bertz CT molecular complexity index is 397. The van der Waals surface area contributed by atoms with Gasteiger partial charge in [0.1, 0.15) is 5.82 Å². The Balaban J connectivity index is 2.59. The van der Waals surface area contributed by atoms with Crippen molar-refractivity contribution in [2.24, 2.45) is 5.41 Å². The van der Waals surface area contributed by atoms with E-state index in [0.717, 1.165) is 18.4 Å². The highest BCUT2D eigenvalue weighted by Crippen LogP contribution is 2.19. The lowest BCUT2D eigenvalue weighted by Gasteiger charge is -2.17. The Morgan fingerprint density at radius 3 is 2.78 bits per heavy atom. The molecule has 0 aliphatic carbocycles. The van der Waals surface area contributed by atoms with Crippen molar-refractivity contribution in [1.82, 2.24) is 4.98 Å². The molecule has 1 aromatic heterocycles. The van der Waals surface area contributed by atoms with Gasteiger partial charge in [-0.25, -0.2) is 4.98 Å². The van der Waals surface area contributed by atoms with Gasteiger partial charge in [-0.3, -0.25) is 4.79 Å². The van der Waals surface area contributed by atoms with Crippen LogP contribution in [0.1, 0.15) is 39.2 Å². The second-order valence-electron chi connectivity index (χ2n) is 5.66. The van der Waals surface area contributed by atoms with Crippen LogP contribution in [-0.4, -0.2) is 22.6 Å². The largest absolute Gasteiger partial charge is 0.396 e. The van der Waals surface area contributed by atoms with Gasteiger partial charge in [-0.15, -0.1) is 0 Å². The molecule has 0 aliphatic heterocycles. The Labute approximate surface area is 108 Å². The lowest BCUT2D eigenvalue weighted by atomic mass is 9.92. The zero-order valence-corrected chi connectivity index (χ0v) is 11.4. The van der Waals surface area contributed by atoms with E-state index in [1.54, 1.807) is 6.20 Å². The van der Waals surface area contributed by atoms with Gasteiger partial charge in [0.25, 0.3) is 0 Å². The van der Waals surface area contributed by atoms with E-state index in [9.17, 15) is 4.79 Å². The van der Waals surface area contributed by atoms with Crippen molar-refractivity contribution in [2.45, 2.75) is 40.0 Å². The topological polar surface area (TPSA) is 62.2 Å². The number of nitrogens with one attached hydrogen (secondary N) is 1. The number of aliphatic hydroxyl groups excluding tert-OH is 1. The molecule has 1 amide bonds. The Kier molecular flexibility index (Phi) is 5.28. The maximum atomic E-state index is 11.8. The Hall–Kier alpha value is -1.42. The molecule has 0 fully saturated rings. The van der Waals surface area contributed by atoms with Crippen LogP contribution < -0.4 is 5.32 Å². The van der Waals surface area contributed by atoms with E-state index in [2.05, 4.69) is 10.3 Å². The summed E-state index contributed by atoms with van der Waals surface area (Å²) in [6.45, 7) is 6.25. The van der Waals surface area contributed by atoms with Gasteiger partial charge in [0.05, 0.1) is 0 Å². The zero-order valence-electron chi connectivity index (χ0n) is 11.4. The highest BCUT2D eigenvalue weighted by molar-refractivity contribution is 5.90. The van der Waals surface area contributed by atoms with Gasteiger partial charge in [0.2, 0.25) is 5.91 Å². The van der Waals surface area contributed by atoms with Crippen molar-refractivity contribution in [3.63, 3.8) is 0 Å². The number of hydrogen-bond acceptors (Lipinski definition) is 3. The first-order chi connectivity index (χ1) is 8.40. The summed E-state index contributed by atoms with van der Waals surface area (Å²) in [5.41, 5.74) is 1.04. The van der Waals surface area contributed by atoms with E-state index >= 15 is 0 Å². The number of amides is 1. The van der Waals surface area contributed by atoms with Gasteiger partial charge in [0, 0.05) is 19.2 Å². The summed E-state index contributed by atoms with van der Waals surface area (Å²) in [6.07, 6.45) is 3.66. The number of rotatable bonds is 5. The minimum absolute atomic E-state index is 0.0192. The van der Waals surface area contributed by atoms with Crippen molar-refractivity contribution in [3.05, 3.63) is 23.9 Å². The summed E-state index contributed by atoms with van der Waals surface area (Å²) >= 11 is 0. The number of nitrogens with zero attached hydrogens (tertiary/aromatic N) is 1. The summed E-state index contributed by atoms with van der Waals surface area (Å²) in [5, 5.41) is 11.6. The van der Waals surface area contributed by atoms with Crippen LogP contribution in [0.2, 0.25) is 0 Å². The third kappa shape index (κ3) is 5.77. The molecule has 0 saturated carbocycles. The third-order valence-electron chi connectivity index (χ3n) is 2.41. The summed E-state index contributed by atoms with van der Waals surface area (Å²) in [7, 11) is 0. The SMILES string of the molecule is CC(C)(C)CC(=O)Nc1cc(CCCO)ccn1. The predicted molar refractivity (Wildman–Crippen MR) is 72.3 cm³/mol. The van der Waals surface area contributed by atoms with Gasteiger partial charge < -0.3 is 10.4 Å². The van der Waals surface area contributed by atoms with Gasteiger partial charge >= 0.3 is 0 Å². The lowest BCUT2D eigenvalue weighted by molar-refractivity contribution is -0.117. The number of aryl methyl sites for hydroxylation is 1. The highest BCUT2D eigenvalue weighted by Gasteiger charge is 2.16. The molecule has 0 radical (unpaired) electrons. The molecule has 0 bridgehead atoms. The van der Waals surface area contributed by atoms with E-state index in [4.69, 9.17) is 5.11 Å². The number of anilines is 1. The molecule has 4 heteroatoms. The van der Waals surface area contributed by atoms with Gasteiger partial charge in [-0.2, -0.15) is 0 Å². The molecule has 0 aromatic carbocycles. The molecular formula is C14H22N2O2. The fourth-order valence-corrected chi connectivity index (χ4v) is 1.65. The fraction of sp³-hybridized carbons (Fsp3) is 0.571. The highest BCUT2D eigenvalue weighted by atomic mass is 16.2. The van der Waals surface area contributed by atoms with Crippen LogP contribution in [-0.2, 0) is 11.2 Å². The summed E-state index contributed by atoms with van der Waals surface area (Å²) in [5.74, 6) is 0.564. The number of pyridine rings is 1. The van der Waals surface area contributed by atoms with E-state index in [-0.39, 0.29) is 17.9 Å². The molecule has 1 aromatic rings. The van der Waals surface area contributed by atoms with Crippen molar-refractivity contribution in [1.29, 1.82) is 0 Å². The number of carbonyl (C=O) groups is 1. The quantitative estimate of drug-likeness (QED) is 0.843. The fourth-order valence-electron chi connectivity index (χ4n) is 1.65. The van der Waals surface area contributed by atoms with Gasteiger partial charge in [0.15, 0.2) is 0 Å². The number of hydrogen-bond donors (Lipinski definition) is 2. The Morgan fingerprint density at radius 2 is 2.17 bits per heavy atom. The van der Waals surface area contributed by atoms with Crippen LogP contribution in [0.15, 0.2) is 18.3 Å². The Morgan fingerprint density at radius 1 is 1.44 bits per heavy atom. The second kappa shape index (κ2) is 6.50. The van der Waals surface area contributed by atoms with Gasteiger partial charge in [-0.1, -0.05) is 20.8 Å². The molecule has 100 valence electrons. The van der Waals surface area contributed by atoms with Crippen LogP contribution in [0.4, 0.5) is 5.82 Å². The number of aromatic nitrogens is 1. The van der Waals surface area contributed by atoms with Crippen molar-refractivity contribution in [3.8, 4) is 0 Å². The lowest BCUT2D eigenvalue weighted by Crippen LogP contribution is -2.20. The van der Waals surface area contributed by atoms with E-state index in [1.165, 1.54) is 0 Å². The third-order valence-corrected chi connectivity index (χ3v) is 2.41. The molecule has 0 saturated heterocycles. The van der Waals surface area contributed by atoms with Crippen molar-refractivity contribution < 1.29 is 9.90 Å². The maximum Gasteiger partial charge on any atom is 0.226 e. The average molecular weight is 250 g/mol. The van der Waals surface area contributed by atoms with Crippen molar-refractivity contribution in [2.75, 3.05) is 11.9 Å². The molecule has 0 aliphatic rings. The molecule has 0 spiro atoms. The molecule has 18 heavy (non-hydrogen) atoms. The normalized spacial score (nSPS) is 11.3. The monoisotopic (exact) mass is 250 g/mol. The van der Waals surface area contributed by atoms with E-state index in [0.29, 0.717) is 12.2 Å². The van der Waals surface area contributed by atoms with Crippen LogP contribution in [0.3, 0.4) is 0 Å². The van der Waals surface area contributed by atoms with E-state index in [1.807, 2.05) is 32.9 Å². The summed E-state index contributed by atoms with van der Waals surface area (Å²) in [4.78, 5) is 15.9. The van der Waals surface area contributed by atoms with Gasteiger partial charge in [-0.05, 0) is 36.0 Å². The van der Waals surface area contributed by atoms with Crippen LogP contribution in [0.5, 0.6) is 0 Å². The maximum absolute atomic E-state index is 11.8. The summed E-state index contributed by atoms with van der Waals surface area (Å²) in [6, 6.07) is 3.76. The standard InChI is InChI=1S/C14H22N2O2/c1-14(2,3)10-13(18)16-12-9-11(5-4-8-17)6-7-15-12/h6-7,9,17H,4-5,8,10H2,1-3H3,(H,15,16,18).